The zero-order valence-corrected chi connectivity index (χ0v) is 9.77. The van der Waals surface area contributed by atoms with Gasteiger partial charge in [0.2, 0.25) is 0 Å². The fourth-order valence-corrected chi connectivity index (χ4v) is 1.03. The molecule has 5 nitrogen and oxygen atoms in total. The second-order valence-electron chi connectivity index (χ2n) is 4.08. The van der Waals surface area contributed by atoms with E-state index in [4.69, 9.17) is 15.7 Å². The van der Waals surface area contributed by atoms with Crippen LogP contribution < -0.4 is 10.5 Å². The fourth-order valence-electron chi connectivity index (χ4n) is 1.03. The number of amidine groups is 1. The summed E-state index contributed by atoms with van der Waals surface area (Å²) in [5.74, 6) is 0.655. The Morgan fingerprint density at radius 2 is 2.25 bits per heavy atom. The minimum Gasteiger partial charge on any atom is -0.486 e. The lowest BCUT2D eigenvalue weighted by atomic mass is 10.1. The Hall–Kier alpha value is -1.78. The number of pyridine rings is 1. The minimum absolute atomic E-state index is 0.0127. The predicted octanol–water partition coefficient (Wildman–Crippen LogP) is 1.74. The number of aromatic nitrogens is 1. The first-order chi connectivity index (χ1) is 7.48. The van der Waals surface area contributed by atoms with Crippen LogP contribution in [0.15, 0.2) is 23.5 Å². The minimum atomic E-state index is -0.222. The molecule has 0 aliphatic carbocycles. The van der Waals surface area contributed by atoms with Crippen LogP contribution in [0, 0.1) is 0 Å². The summed E-state index contributed by atoms with van der Waals surface area (Å²) in [4.78, 5) is 4.03. The van der Waals surface area contributed by atoms with Crippen molar-refractivity contribution in [3.63, 3.8) is 0 Å². The largest absolute Gasteiger partial charge is 0.486 e. The SMILES string of the molecule is CCC(C)(C)Oc1ccc(/C(N)=N/O)nc1. The number of nitrogens with zero attached hydrogens (tertiary/aromatic N) is 2. The van der Waals surface area contributed by atoms with Gasteiger partial charge < -0.3 is 15.7 Å². The van der Waals surface area contributed by atoms with Crippen molar-refractivity contribution >= 4 is 5.84 Å². The van der Waals surface area contributed by atoms with Crippen LogP contribution in [-0.4, -0.2) is 21.6 Å². The van der Waals surface area contributed by atoms with E-state index in [-0.39, 0.29) is 11.4 Å². The van der Waals surface area contributed by atoms with E-state index >= 15 is 0 Å². The third kappa shape index (κ3) is 3.12. The van der Waals surface area contributed by atoms with Gasteiger partial charge >= 0.3 is 0 Å². The Labute approximate surface area is 94.9 Å². The first-order valence-electron chi connectivity index (χ1n) is 5.11. The zero-order chi connectivity index (χ0) is 12.2. The molecule has 0 aromatic carbocycles. The maximum atomic E-state index is 8.47. The maximum Gasteiger partial charge on any atom is 0.188 e. The van der Waals surface area contributed by atoms with Gasteiger partial charge in [0.25, 0.3) is 0 Å². The lowest BCUT2D eigenvalue weighted by Gasteiger charge is -2.24. The second kappa shape index (κ2) is 4.83. The average molecular weight is 223 g/mol. The summed E-state index contributed by atoms with van der Waals surface area (Å²) >= 11 is 0. The Morgan fingerprint density at radius 3 is 2.69 bits per heavy atom. The first-order valence-corrected chi connectivity index (χ1v) is 5.11. The Morgan fingerprint density at radius 1 is 1.56 bits per heavy atom. The van der Waals surface area contributed by atoms with Gasteiger partial charge in [0, 0.05) is 0 Å². The summed E-state index contributed by atoms with van der Waals surface area (Å²) in [6.07, 6.45) is 2.46. The van der Waals surface area contributed by atoms with Crippen molar-refractivity contribution in [2.24, 2.45) is 10.9 Å². The molecule has 1 aromatic heterocycles. The quantitative estimate of drug-likeness (QED) is 0.352. The van der Waals surface area contributed by atoms with Crippen LogP contribution in [0.25, 0.3) is 0 Å². The van der Waals surface area contributed by atoms with E-state index in [1.54, 1.807) is 18.3 Å². The van der Waals surface area contributed by atoms with E-state index in [0.29, 0.717) is 11.4 Å². The molecule has 0 atom stereocenters. The van der Waals surface area contributed by atoms with E-state index in [1.807, 2.05) is 13.8 Å². The van der Waals surface area contributed by atoms with E-state index in [2.05, 4.69) is 17.1 Å². The van der Waals surface area contributed by atoms with Crippen molar-refractivity contribution in [2.45, 2.75) is 32.8 Å². The average Bonchev–Trinajstić information content (AvgIpc) is 2.28. The molecule has 88 valence electrons. The Bertz CT molecular complexity index is 371. The van der Waals surface area contributed by atoms with Crippen LogP contribution in [0.5, 0.6) is 5.75 Å². The van der Waals surface area contributed by atoms with E-state index in [1.165, 1.54) is 0 Å². The van der Waals surface area contributed by atoms with Gasteiger partial charge in [0.05, 0.1) is 6.20 Å². The number of nitrogens with two attached hydrogens (primary N) is 1. The van der Waals surface area contributed by atoms with E-state index < -0.39 is 0 Å². The number of rotatable bonds is 4. The normalized spacial score (nSPS) is 12.6. The highest BCUT2D eigenvalue weighted by Gasteiger charge is 2.16. The molecular weight excluding hydrogens is 206 g/mol. The molecular formula is C11H17N3O2. The van der Waals surface area contributed by atoms with E-state index in [0.717, 1.165) is 6.42 Å². The maximum absolute atomic E-state index is 8.47. The van der Waals surface area contributed by atoms with Crippen molar-refractivity contribution in [1.82, 2.24) is 4.98 Å². The summed E-state index contributed by atoms with van der Waals surface area (Å²) in [7, 11) is 0. The predicted molar refractivity (Wildman–Crippen MR) is 61.7 cm³/mol. The van der Waals surface area contributed by atoms with Gasteiger partial charge in [0.1, 0.15) is 17.0 Å². The molecule has 0 spiro atoms. The molecule has 16 heavy (non-hydrogen) atoms. The van der Waals surface area contributed by atoms with Crippen LogP contribution in [0.3, 0.4) is 0 Å². The molecule has 0 amide bonds. The van der Waals surface area contributed by atoms with Crippen molar-refractivity contribution in [3.8, 4) is 5.75 Å². The Kier molecular flexibility index (Phi) is 3.71. The van der Waals surface area contributed by atoms with E-state index in [9.17, 15) is 0 Å². The molecule has 0 unspecified atom stereocenters. The Balaban J connectivity index is 2.80. The number of oxime groups is 1. The van der Waals surface area contributed by atoms with Crippen LogP contribution in [0.4, 0.5) is 0 Å². The van der Waals surface area contributed by atoms with Crippen LogP contribution in [0.2, 0.25) is 0 Å². The summed E-state index contributed by atoms with van der Waals surface area (Å²) in [5.41, 5.74) is 5.59. The second-order valence-corrected chi connectivity index (χ2v) is 4.08. The molecule has 1 aromatic rings. The molecule has 1 rings (SSSR count). The van der Waals surface area contributed by atoms with Crippen LogP contribution in [0.1, 0.15) is 32.9 Å². The summed E-state index contributed by atoms with van der Waals surface area (Å²) in [6, 6.07) is 3.40. The highest BCUT2D eigenvalue weighted by molar-refractivity contribution is 5.95. The van der Waals surface area contributed by atoms with Gasteiger partial charge in [-0.15, -0.1) is 0 Å². The lowest BCUT2D eigenvalue weighted by Crippen LogP contribution is -2.27. The van der Waals surface area contributed by atoms with Crippen molar-refractivity contribution in [2.75, 3.05) is 0 Å². The number of ether oxygens (including phenoxy) is 1. The standard InChI is InChI=1S/C11H17N3O2/c1-4-11(2,3)16-8-5-6-9(13-7-8)10(12)14-15/h5-7,15H,4H2,1-3H3,(H2,12,14). The molecule has 0 saturated heterocycles. The number of hydrogen-bond acceptors (Lipinski definition) is 4. The van der Waals surface area contributed by atoms with Crippen molar-refractivity contribution in [3.05, 3.63) is 24.0 Å². The molecule has 0 bridgehead atoms. The third-order valence-corrected chi connectivity index (χ3v) is 2.35. The van der Waals surface area contributed by atoms with Crippen molar-refractivity contribution in [1.29, 1.82) is 0 Å². The van der Waals surface area contributed by atoms with Gasteiger partial charge in [-0.25, -0.2) is 4.98 Å². The highest BCUT2D eigenvalue weighted by Crippen LogP contribution is 2.19. The summed E-state index contributed by atoms with van der Waals surface area (Å²) in [5, 5.41) is 11.3. The van der Waals surface area contributed by atoms with Crippen LogP contribution >= 0.6 is 0 Å². The monoisotopic (exact) mass is 223 g/mol. The smallest absolute Gasteiger partial charge is 0.188 e. The molecule has 0 saturated carbocycles. The molecule has 3 N–H and O–H groups in total. The highest BCUT2D eigenvalue weighted by atomic mass is 16.5. The topological polar surface area (TPSA) is 80.7 Å². The zero-order valence-electron chi connectivity index (χ0n) is 9.77. The van der Waals surface area contributed by atoms with Gasteiger partial charge in [-0.1, -0.05) is 12.1 Å². The molecule has 1 heterocycles. The van der Waals surface area contributed by atoms with Gasteiger partial charge in [-0.05, 0) is 32.4 Å². The van der Waals surface area contributed by atoms with Crippen LogP contribution in [-0.2, 0) is 0 Å². The summed E-state index contributed by atoms with van der Waals surface area (Å²) in [6.45, 7) is 6.06. The van der Waals surface area contributed by atoms with Gasteiger partial charge in [-0.2, -0.15) is 0 Å². The third-order valence-electron chi connectivity index (χ3n) is 2.35. The fraction of sp³-hybridized carbons (Fsp3) is 0.455. The summed E-state index contributed by atoms with van der Waals surface area (Å²) < 4.78 is 5.71. The molecule has 0 radical (unpaired) electrons. The molecule has 0 aliphatic heterocycles. The van der Waals surface area contributed by atoms with Gasteiger partial charge in [0.15, 0.2) is 5.84 Å². The molecule has 0 aliphatic rings. The molecule has 5 heteroatoms. The number of hydrogen-bond donors (Lipinski definition) is 2. The molecule has 0 fully saturated rings. The van der Waals surface area contributed by atoms with Crippen molar-refractivity contribution < 1.29 is 9.94 Å². The first kappa shape index (κ1) is 12.3. The lowest BCUT2D eigenvalue weighted by molar-refractivity contribution is 0.105. The van der Waals surface area contributed by atoms with Gasteiger partial charge in [-0.3, -0.25) is 0 Å².